The molecule has 1 N–H and O–H groups in total. The van der Waals surface area contributed by atoms with Gasteiger partial charge in [-0.2, -0.15) is 0 Å². The Labute approximate surface area is 88.8 Å². The molecule has 0 aliphatic heterocycles. The predicted octanol–water partition coefficient (Wildman–Crippen LogP) is 1.82. The van der Waals surface area contributed by atoms with Crippen LogP contribution in [0.1, 0.15) is 30.0 Å². The van der Waals surface area contributed by atoms with Crippen LogP contribution < -0.4 is 0 Å². The number of hydrogen-bond acceptors (Lipinski definition) is 4. The van der Waals surface area contributed by atoms with Crippen molar-refractivity contribution in [2.45, 2.75) is 25.7 Å². The summed E-state index contributed by atoms with van der Waals surface area (Å²) in [5.74, 6) is 0.155. The van der Waals surface area contributed by atoms with E-state index in [2.05, 4.69) is 4.98 Å². The van der Waals surface area contributed by atoms with Gasteiger partial charge in [-0.25, -0.2) is 4.98 Å². The number of nitrogens with zero attached hydrogens (tertiary/aromatic N) is 1. The summed E-state index contributed by atoms with van der Waals surface area (Å²) in [5, 5.41) is 12.1. The predicted molar refractivity (Wildman–Crippen MR) is 57.8 cm³/mol. The SMILES string of the molecule is COCCCc1nc(C(C)CO)cs1. The Balaban J connectivity index is 2.42. The quantitative estimate of drug-likeness (QED) is 0.736. The summed E-state index contributed by atoms with van der Waals surface area (Å²) >= 11 is 1.67. The zero-order valence-corrected chi connectivity index (χ0v) is 9.51. The van der Waals surface area contributed by atoms with Crippen LogP contribution in [0.2, 0.25) is 0 Å². The first-order valence-corrected chi connectivity index (χ1v) is 5.70. The minimum Gasteiger partial charge on any atom is -0.396 e. The van der Waals surface area contributed by atoms with E-state index < -0.39 is 0 Å². The Kier molecular flexibility index (Phi) is 5.07. The first kappa shape index (κ1) is 11.6. The molecule has 0 saturated heterocycles. The van der Waals surface area contributed by atoms with E-state index in [9.17, 15) is 0 Å². The van der Waals surface area contributed by atoms with Crippen molar-refractivity contribution in [3.63, 3.8) is 0 Å². The largest absolute Gasteiger partial charge is 0.396 e. The van der Waals surface area contributed by atoms with E-state index >= 15 is 0 Å². The van der Waals surface area contributed by atoms with Crippen molar-refractivity contribution in [1.82, 2.24) is 4.98 Å². The maximum absolute atomic E-state index is 8.96. The molecule has 0 spiro atoms. The summed E-state index contributed by atoms with van der Waals surface area (Å²) in [7, 11) is 1.71. The zero-order chi connectivity index (χ0) is 10.4. The lowest BCUT2D eigenvalue weighted by Crippen LogP contribution is -1.99. The van der Waals surface area contributed by atoms with Gasteiger partial charge in [0.05, 0.1) is 17.3 Å². The van der Waals surface area contributed by atoms with Gasteiger partial charge in [-0.3, -0.25) is 0 Å². The number of ether oxygens (including phenoxy) is 1. The van der Waals surface area contributed by atoms with Crippen LogP contribution in [-0.2, 0) is 11.2 Å². The first-order valence-electron chi connectivity index (χ1n) is 4.82. The van der Waals surface area contributed by atoms with Crippen LogP contribution in [0.4, 0.5) is 0 Å². The lowest BCUT2D eigenvalue weighted by Gasteiger charge is -2.01. The molecule has 0 bridgehead atoms. The molecule has 1 atom stereocenters. The Bertz CT molecular complexity index is 262. The fourth-order valence-electron chi connectivity index (χ4n) is 1.13. The molecule has 0 aliphatic carbocycles. The summed E-state index contributed by atoms with van der Waals surface area (Å²) in [6.45, 7) is 2.93. The number of rotatable bonds is 6. The Morgan fingerprint density at radius 2 is 2.43 bits per heavy atom. The van der Waals surface area contributed by atoms with Crippen LogP contribution in [0, 0.1) is 0 Å². The average Bonchev–Trinajstić information content (AvgIpc) is 2.66. The highest BCUT2D eigenvalue weighted by Crippen LogP contribution is 2.18. The van der Waals surface area contributed by atoms with E-state index in [4.69, 9.17) is 9.84 Å². The minimum absolute atomic E-state index is 0.155. The van der Waals surface area contributed by atoms with Gasteiger partial charge >= 0.3 is 0 Å². The number of aromatic nitrogens is 1. The second-order valence-electron chi connectivity index (χ2n) is 3.35. The third-order valence-electron chi connectivity index (χ3n) is 2.09. The van der Waals surface area contributed by atoms with Crippen molar-refractivity contribution in [2.24, 2.45) is 0 Å². The molecule has 1 aromatic rings. The molecule has 0 aromatic carbocycles. The number of hydrogen-bond donors (Lipinski definition) is 1. The summed E-state index contributed by atoms with van der Waals surface area (Å²) in [4.78, 5) is 4.46. The summed E-state index contributed by atoms with van der Waals surface area (Å²) in [5.41, 5.74) is 1.00. The van der Waals surface area contributed by atoms with Gasteiger partial charge in [-0.1, -0.05) is 6.92 Å². The van der Waals surface area contributed by atoms with Crippen molar-refractivity contribution in [1.29, 1.82) is 0 Å². The normalized spacial score (nSPS) is 13.1. The van der Waals surface area contributed by atoms with Crippen LogP contribution in [0.25, 0.3) is 0 Å². The maximum atomic E-state index is 8.96. The molecule has 1 rings (SSSR count). The average molecular weight is 215 g/mol. The van der Waals surface area contributed by atoms with Crippen LogP contribution in [0.15, 0.2) is 5.38 Å². The second-order valence-corrected chi connectivity index (χ2v) is 4.29. The maximum Gasteiger partial charge on any atom is 0.0929 e. The van der Waals surface area contributed by atoms with Gasteiger partial charge < -0.3 is 9.84 Å². The van der Waals surface area contributed by atoms with Gasteiger partial charge in [0, 0.05) is 31.4 Å². The third-order valence-corrected chi connectivity index (χ3v) is 3.01. The standard InChI is InChI=1S/C10H17NO2S/c1-8(6-12)9-7-14-10(11-9)4-3-5-13-2/h7-8,12H,3-6H2,1-2H3. The Morgan fingerprint density at radius 1 is 1.64 bits per heavy atom. The number of thiazole rings is 1. The number of aliphatic hydroxyl groups excluding tert-OH is 1. The summed E-state index contributed by atoms with van der Waals surface area (Å²) < 4.78 is 4.98. The van der Waals surface area contributed by atoms with E-state index in [0.29, 0.717) is 0 Å². The molecule has 1 aromatic heterocycles. The molecule has 80 valence electrons. The topological polar surface area (TPSA) is 42.4 Å². The highest BCUT2D eigenvalue weighted by Gasteiger charge is 2.08. The third kappa shape index (κ3) is 3.36. The molecule has 1 heterocycles. The van der Waals surface area contributed by atoms with Crippen LogP contribution >= 0.6 is 11.3 Å². The van der Waals surface area contributed by atoms with Gasteiger partial charge in [0.2, 0.25) is 0 Å². The van der Waals surface area contributed by atoms with Crippen LogP contribution in [-0.4, -0.2) is 30.4 Å². The Hall–Kier alpha value is -0.450. The van der Waals surface area contributed by atoms with Gasteiger partial charge in [0.15, 0.2) is 0 Å². The van der Waals surface area contributed by atoms with Gasteiger partial charge in [-0.05, 0) is 6.42 Å². The van der Waals surface area contributed by atoms with Gasteiger partial charge in [-0.15, -0.1) is 11.3 Å². The minimum atomic E-state index is 0.155. The zero-order valence-electron chi connectivity index (χ0n) is 8.69. The summed E-state index contributed by atoms with van der Waals surface area (Å²) in [6.07, 6.45) is 1.98. The number of aliphatic hydroxyl groups is 1. The van der Waals surface area contributed by atoms with Gasteiger partial charge in [0.1, 0.15) is 0 Å². The van der Waals surface area contributed by atoms with Crippen molar-refractivity contribution in [2.75, 3.05) is 20.3 Å². The molecule has 0 amide bonds. The molecular formula is C10H17NO2S. The molecule has 0 saturated carbocycles. The first-order chi connectivity index (χ1) is 6.77. The number of aryl methyl sites for hydroxylation is 1. The van der Waals surface area contributed by atoms with Crippen LogP contribution in [0.3, 0.4) is 0 Å². The van der Waals surface area contributed by atoms with Crippen molar-refractivity contribution >= 4 is 11.3 Å². The fraction of sp³-hybridized carbons (Fsp3) is 0.700. The van der Waals surface area contributed by atoms with E-state index in [1.165, 1.54) is 0 Å². The van der Waals surface area contributed by atoms with Crippen molar-refractivity contribution < 1.29 is 9.84 Å². The highest BCUT2D eigenvalue weighted by atomic mass is 32.1. The monoisotopic (exact) mass is 215 g/mol. The molecule has 0 aliphatic rings. The van der Waals surface area contributed by atoms with Crippen LogP contribution in [0.5, 0.6) is 0 Å². The fourth-order valence-corrected chi connectivity index (χ4v) is 2.09. The molecule has 4 heteroatoms. The lowest BCUT2D eigenvalue weighted by atomic mass is 10.1. The molecule has 14 heavy (non-hydrogen) atoms. The van der Waals surface area contributed by atoms with E-state index in [1.807, 2.05) is 12.3 Å². The molecular weight excluding hydrogens is 198 g/mol. The Morgan fingerprint density at radius 3 is 3.07 bits per heavy atom. The smallest absolute Gasteiger partial charge is 0.0929 e. The number of methoxy groups -OCH3 is 1. The van der Waals surface area contributed by atoms with Gasteiger partial charge in [0.25, 0.3) is 0 Å². The molecule has 0 fully saturated rings. The second kappa shape index (κ2) is 6.11. The van der Waals surface area contributed by atoms with E-state index in [0.717, 1.165) is 30.2 Å². The van der Waals surface area contributed by atoms with E-state index in [1.54, 1.807) is 18.4 Å². The molecule has 3 nitrogen and oxygen atoms in total. The highest BCUT2D eigenvalue weighted by molar-refractivity contribution is 7.09. The van der Waals surface area contributed by atoms with Crippen molar-refractivity contribution in [3.05, 3.63) is 16.1 Å². The lowest BCUT2D eigenvalue weighted by molar-refractivity contribution is 0.195. The van der Waals surface area contributed by atoms with E-state index in [-0.39, 0.29) is 12.5 Å². The van der Waals surface area contributed by atoms with Crippen molar-refractivity contribution in [3.8, 4) is 0 Å². The summed E-state index contributed by atoms with van der Waals surface area (Å²) in [6, 6.07) is 0. The molecule has 1 unspecified atom stereocenters. The molecule has 0 radical (unpaired) electrons.